The molecule has 0 saturated carbocycles. The van der Waals surface area contributed by atoms with Crippen molar-refractivity contribution in [2.45, 2.75) is 6.42 Å². The van der Waals surface area contributed by atoms with Crippen molar-refractivity contribution in [2.75, 3.05) is 0 Å². The molecule has 0 heterocycles. The topological polar surface area (TPSA) is 43.4 Å². The molecule has 3 heteroatoms. The van der Waals surface area contributed by atoms with Gasteiger partial charge in [0.05, 0.1) is 6.42 Å². The van der Waals surface area contributed by atoms with Gasteiger partial charge in [-0.2, -0.15) is 0 Å². The summed E-state index contributed by atoms with van der Waals surface area (Å²) in [7, 11) is 0. The summed E-state index contributed by atoms with van der Waals surface area (Å²) in [5.74, 6) is 0.125. The highest BCUT2D eigenvalue weighted by Crippen LogP contribution is 2.15. The molecule has 0 aliphatic heterocycles. The van der Waals surface area contributed by atoms with Gasteiger partial charge in [0.25, 0.3) is 0 Å². The van der Waals surface area contributed by atoms with E-state index in [1.54, 1.807) is 42.5 Å². The highest BCUT2D eigenvalue weighted by Gasteiger charge is 2.06. The van der Waals surface area contributed by atoms with E-state index in [1.807, 2.05) is 48.5 Å². The molecule has 3 aromatic rings. The molecule has 128 valence electrons. The predicted molar refractivity (Wildman–Crippen MR) is 102 cm³/mol. The Kier molecular flexibility index (Phi) is 5.73. The van der Waals surface area contributed by atoms with E-state index in [0.29, 0.717) is 11.3 Å². The van der Waals surface area contributed by atoms with E-state index in [2.05, 4.69) is 0 Å². The van der Waals surface area contributed by atoms with Crippen LogP contribution in [0.5, 0.6) is 5.75 Å². The molecule has 0 bridgehead atoms. The van der Waals surface area contributed by atoms with Crippen LogP contribution in [-0.2, 0) is 11.2 Å². The molecule has 0 amide bonds. The van der Waals surface area contributed by atoms with Crippen LogP contribution < -0.4 is 4.74 Å². The van der Waals surface area contributed by atoms with E-state index in [9.17, 15) is 9.59 Å². The zero-order valence-electron chi connectivity index (χ0n) is 14.2. The summed E-state index contributed by atoms with van der Waals surface area (Å²) in [6.07, 6.45) is 3.50. The molecule has 0 aliphatic rings. The molecule has 0 aliphatic carbocycles. The van der Waals surface area contributed by atoms with Crippen LogP contribution in [0.15, 0.2) is 91.0 Å². The Morgan fingerprint density at radius 2 is 1.38 bits per heavy atom. The number of carbonyl (C=O) groups excluding carboxylic acids is 2. The maximum absolute atomic E-state index is 12.0. The van der Waals surface area contributed by atoms with Gasteiger partial charge in [-0.3, -0.25) is 9.59 Å². The number of carbonyl (C=O) groups is 2. The fourth-order valence-corrected chi connectivity index (χ4v) is 2.45. The van der Waals surface area contributed by atoms with Gasteiger partial charge in [-0.05, 0) is 29.3 Å². The minimum Gasteiger partial charge on any atom is -0.426 e. The monoisotopic (exact) mass is 342 g/mol. The lowest BCUT2D eigenvalue weighted by Gasteiger charge is -2.05. The first kappa shape index (κ1) is 17.4. The first-order valence-corrected chi connectivity index (χ1v) is 8.33. The highest BCUT2D eigenvalue weighted by atomic mass is 16.5. The van der Waals surface area contributed by atoms with Crippen LogP contribution in [0.3, 0.4) is 0 Å². The van der Waals surface area contributed by atoms with Gasteiger partial charge in [-0.25, -0.2) is 0 Å². The first-order chi connectivity index (χ1) is 12.7. The van der Waals surface area contributed by atoms with Crippen molar-refractivity contribution in [3.63, 3.8) is 0 Å². The van der Waals surface area contributed by atoms with Crippen molar-refractivity contribution in [3.8, 4) is 5.75 Å². The third kappa shape index (κ3) is 5.02. The predicted octanol–water partition coefficient (Wildman–Crippen LogP) is 4.73. The third-order valence-corrected chi connectivity index (χ3v) is 3.79. The molecule has 0 unspecified atom stereocenters. The maximum Gasteiger partial charge on any atom is 0.315 e. The van der Waals surface area contributed by atoms with E-state index in [4.69, 9.17) is 4.74 Å². The van der Waals surface area contributed by atoms with Crippen molar-refractivity contribution in [1.82, 2.24) is 0 Å². The summed E-state index contributed by atoms with van der Waals surface area (Å²) >= 11 is 0. The average molecular weight is 342 g/mol. The van der Waals surface area contributed by atoms with Gasteiger partial charge in [0.2, 0.25) is 0 Å². The van der Waals surface area contributed by atoms with Gasteiger partial charge in [0.15, 0.2) is 5.78 Å². The molecule has 3 rings (SSSR count). The summed E-state index contributed by atoms with van der Waals surface area (Å²) < 4.78 is 5.34. The summed E-state index contributed by atoms with van der Waals surface area (Å²) in [6, 6.07) is 25.6. The van der Waals surface area contributed by atoms with Gasteiger partial charge >= 0.3 is 5.97 Å². The van der Waals surface area contributed by atoms with Crippen LogP contribution in [0.2, 0.25) is 0 Å². The van der Waals surface area contributed by atoms with Crippen molar-refractivity contribution < 1.29 is 14.3 Å². The lowest BCUT2D eigenvalue weighted by molar-refractivity contribution is -0.133. The normalized spacial score (nSPS) is 10.6. The average Bonchev–Trinajstić information content (AvgIpc) is 2.68. The number of rotatable bonds is 6. The SMILES string of the molecule is O=C(Cc1ccccc1)Oc1ccc(/C=C/C(=O)c2ccccc2)cc1. The number of hydrogen-bond acceptors (Lipinski definition) is 3. The van der Waals surface area contributed by atoms with Crippen molar-refractivity contribution in [1.29, 1.82) is 0 Å². The summed E-state index contributed by atoms with van der Waals surface area (Å²) in [6.45, 7) is 0. The van der Waals surface area contributed by atoms with Gasteiger partial charge in [0, 0.05) is 5.56 Å². The van der Waals surface area contributed by atoms with Crippen molar-refractivity contribution in [3.05, 3.63) is 108 Å². The minimum absolute atomic E-state index is 0.0519. The van der Waals surface area contributed by atoms with Crippen LogP contribution >= 0.6 is 0 Å². The minimum atomic E-state index is -0.307. The zero-order valence-corrected chi connectivity index (χ0v) is 14.2. The van der Waals surface area contributed by atoms with E-state index in [1.165, 1.54) is 6.08 Å². The number of hydrogen-bond donors (Lipinski definition) is 0. The summed E-state index contributed by atoms with van der Waals surface area (Å²) in [4.78, 5) is 24.0. The molecular weight excluding hydrogens is 324 g/mol. The quantitative estimate of drug-likeness (QED) is 0.281. The molecule has 0 radical (unpaired) electrons. The molecule has 26 heavy (non-hydrogen) atoms. The summed E-state index contributed by atoms with van der Waals surface area (Å²) in [5.41, 5.74) is 2.42. The molecule has 3 aromatic carbocycles. The third-order valence-electron chi connectivity index (χ3n) is 3.79. The zero-order chi connectivity index (χ0) is 18.2. The molecule has 0 atom stereocenters. The fraction of sp³-hybridized carbons (Fsp3) is 0.0435. The molecular formula is C23H18O3. The van der Waals surface area contributed by atoms with Gasteiger partial charge in [-0.15, -0.1) is 0 Å². The van der Waals surface area contributed by atoms with Gasteiger partial charge < -0.3 is 4.74 Å². The highest BCUT2D eigenvalue weighted by molar-refractivity contribution is 6.06. The first-order valence-electron chi connectivity index (χ1n) is 8.33. The lowest BCUT2D eigenvalue weighted by Crippen LogP contribution is -2.11. The Morgan fingerprint density at radius 1 is 0.769 bits per heavy atom. The van der Waals surface area contributed by atoms with Gasteiger partial charge in [0.1, 0.15) is 5.75 Å². The second-order valence-electron chi connectivity index (χ2n) is 5.77. The second kappa shape index (κ2) is 8.58. The van der Waals surface area contributed by atoms with Gasteiger partial charge in [-0.1, -0.05) is 78.9 Å². The Bertz CT molecular complexity index is 895. The second-order valence-corrected chi connectivity index (χ2v) is 5.77. The molecule has 0 spiro atoms. The smallest absolute Gasteiger partial charge is 0.315 e. The van der Waals surface area contributed by atoms with Crippen molar-refractivity contribution in [2.24, 2.45) is 0 Å². The number of ketones is 1. The molecule has 0 N–H and O–H groups in total. The Hall–Kier alpha value is -3.46. The summed E-state index contributed by atoms with van der Waals surface area (Å²) in [5, 5.41) is 0. The molecule has 0 aromatic heterocycles. The van der Waals surface area contributed by atoms with Crippen LogP contribution in [0, 0.1) is 0 Å². The number of benzene rings is 3. The number of esters is 1. The van der Waals surface area contributed by atoms with E-state index >= 15 is 0 Å². The lowest BCUT2D eigenvalue weighted by atomic mass is 10.1. The molecule has 0 saturated heterocycles. The molecule has 3 nitrogen and oxygen atoms in total. The Morgan fingerprint density at radius 3 is 2.04 bits per heavy atom. The standard InChI is InChI=1S/C23H18O3/c24-22(20-9-5-2-6-10-20)16-13-18-11-14-21(15-12-18)26-23(25)17-19-7-3-1-4-8-19/h1-16H,17H2/b16-13+. The van der Waals surface area contributed by atoms with E-state index in [0.717, 1.165) is 11.1 Å². The Labute approximate surface area is 152 Å². The van der Waals surface area contributed by atoms with Crippen LogP contribution in [0.25, 0.3) is 6.08 Å². The Balaban J connectivity index is 1.57. The fourth-order valence-electron chi connectivity index (χ4n) is 2.45. The van der Waals surface area contributed by atoms with E-state index < -0.39 is 0 Å². The van der Waals surface area contributed by atoms with Crippen LogP contribution in [-0.4, -0.2) is 11.8 Å². The number of ether oxygens (including phenoxy) is 1. The van der Waals surface area contributed by atoms with E-state index in [-0.39, 0.29) is 18.2 Å². The maximum atomic E-state index is 12.0. The van der Waals surface area contributed by atoms with Crippen molar-refractivity contribution >= 4 is 17.8 Å². The largest absolute Gasteiger partial charge is 0.426 e. The van der Waals surface area contributed by atoms with Crippen LogP contribution in [0.1, 0.15) is 21.5 Å². The molecule has 0 fully saturated rings. The van der Waals surface area contributed by atoms with Crippen LogP contribution in [0.4, 0.5) is 0 Å². The number of allylic oxidation sites excluding steroid dienone is 1.